The molecule has 0 radical (unpaired) electrons. The van der Waals surface area contributed by atoms with Crippen LogP contribution in [-0.4, -0.2) is 95.5 Å². The zero-order chi connectivity index (χ0) is 27.1. The number of carboxylic acids is 1. The maximum atomic E-state index is 13.3. The summed E-state index contributed by atoms with van der Waals surface area (Å²) >= 11 is 0. The second-order valence-corrected chi connectivity index (χ2v) is 9.04. The number of halogens is 3. The van der Waals surface area contributed by atoms with Crippen molar-refractivity contribution in [2.45, 2.75) is 77.2 Å². The van der Waals surface area contributed by atoms with Crippen LogP contribution < -0.4 is 5.32 Å². The van der Waals surface area contributed by atoms with Gasteiger partial charge >= 0.3 is 12.1 Å². The first-order chi connectivity index (χ1) is 16.1. The molecule has 1 unspecified atom stereocenters. The Bertz CT molecular complexity index is 826. The molecule has 1 saturated heterocycles. The van der Waals surface area contributed by atoms with Gasteiger partial charge in [-0.2, -0.15) is 13.2 Å². The van der Waals surface area contributed by atoms with Crippen molar-refractivity contribution in [3.63, 3.8) is 0 Å². The van der Waals surface area contributed by atoms with Gasteiger partial charge in [0.05, 0.1) is 13.5 Å². The first-order valence-corrected chi connectivity index (χ1v) is 11.4. The minimum absolute atomic E-state index is 0.124. The molecular formula is C22H35F3N4O6. The van der Waals surface area contributed by atoms with Gasteiger partial charge < -0.3 is 25.0 Å². The molecule has 0 aromatic carbocycles. The molecule has 0 spiro atoms. The highest BCUT2D eigenvalue weighted by atomic mass is 19.4. The zero-order valence-corrected chi connectivity index (χ0v) is 20.9. The Morgan fingerprint density at radius 1 is 1.17 bits per heavy atom. The Morgan fingerprint density at radius 3 is 2.11 bits per heavy atom. The van der Waals surface area contributed by atoms with Gasteiger partial charge in [0.2, 0.25) is 11.8 Å². The van der Waals surface area contributed by atoms with Gasteiger partial charge in [0, 0.05) is 20.1 Å². The molecule has 1 rings (SSSR count). The van der Waals surface area contributed by atoms with Crippen LogP contribution in [0.1, 0.15) is 53.4 Å². The average molecular weight is 509 g/mol. The van der Waals surface area contributed by atoms with Crippen molar-refractivity contribution in [3.05, 3.63) is 0 Å². The number of hydrogen-bond donors (Lipinski definition) is 2. The molecule has 2 N–H and O–H groups in total. The third-order valence-corrected chi connectivity index (χ3v) is 5.98. The number of carboxylic acid groups (broad SMARTS) is 1. The van der Waals surface area contributed by atoms with Gasteiger partial charge in [0.1, 0.15) is 17.6 Å². The maximum absolute atomic E-state index is 13.3. The third-order valence-electron chi connectivity index (χ3n) is 5.98. The minimum atomic E-state index is -4.92. The van der Waals surface area contributed by atoms with Crippen LogP contribution in [0.25, 0.3) is 0 Å². The lowest BCUT2D eigenvalue weighted by Gasteiger charge is -2.36. The molecular weight excluding hydrogens is 473 g/mol. The SMILES string of the molecule is CC[C@](C)(/N=C(\OC)C(F)(F)F)C(=O)N(C)C(C(=O)N[C@@H](CC(=O)O)C(=O)N1CCCC1)C(C)C. The van der Waals surface area contributed by atoms with Gasteiger partial charge in [0.15, 0.2) is 0 Å². The number of carbonyl (C=O) groups excluding carboxylic acids is 3. The van der Waals surface area contributed by atoms with Crippen LogP contribution in [0.3, 0.4) is 0 Å². The van der Waals surface area contributed by atoms with Crippen molar-refractivity contribution >= 4 is 29.6 Å². The highest BCUT2D eigenvalue weighted by Crippen LogP contribution is 2.26. The summed E-state index contributed by atoms with van der Waals surface area (Å²) in [6, 6.07) is -2.55. The van der Waals surface area contributed by atoms with Crippen molar-refractivity contribution in [1.29, 1.82) is 0 Å². The molecule has 0 aliphatic carbocycles. The Morgan fingerprint density at radius 2 is 1.71 bits per heavy atom. The molecule has 0 aromatic heterocycles. The quantitative estimate of drug-likeness (QED) is 0.342. The number of ether oxygens (including phenoxy) is 1. The predicted octanol–water partition coefficient (Wildman–Crippen LogP) is 1.83. The molecule has 13 heteroatoms. The van der Waals surface area contributed by atoms with Crippen molar-refractivity contribution in [2.24, 2.45) is 10.9 Å². The van der Waals surface area contributed by atoms with Gasteiger partial charge in [-0.05, 0) is 32.1 Å². The van der Waals surface area contributed by atoms with E-state index < -0.39 is 65.7 Å². The summed E-state index contributed by atoms with van der Waals surface area (Å²) < 4.78 is 43.9. The van der Waals surface area contributed by atoms with E-state index in [0.717, 1.165) is 24.9 Å². The van der Waals surface area contributed by atoms with E-state index in [1.165, 1.54) is 25.8 Å². The van der Waals surface area contributed by atoms with Gasteiger partial charge in [-0.25, -0.2) is 4.99 Å². The number of hydrogen-bond acceptors (Lipinski definition) is 6. The zero-order valence-electron chi connectivity index (χ0n) is 20.9. The molecule has 0 bridgehead atoms. The first-order valence-electron chi connectivity index (χ1n) is 11.4. The fourth-order valence-electron chi connectivity index (χ4n) is 3.95. The molecule has 3 atom stereocenters. The number of aliphatic carboxylic acids is 1. The summed E-state index contributed by atoms with van der Waals surface area (Å²) in [6.45, 7) is 6.81. The van der Waals surface area contributed by atoms with Crippen LogP contribution in [0.4, 0.5) is 13.2 Å². The number of nitrogens with one attached hydrogen (secondary N) is 1. The summed E-state index contributed by atoms with van der Waals surface area (Å²) in [5, 5.41) is 11.7. The van der Waals surface area contributed by atoms with Crippen LogP contribution >= 0.6 is 0 Å². The summed E-state index contributed by atoms with van der Waals surface area (Å²) in [6.07, 6.45) is -4.16. The number of methoxy groups -OCH3 is 1. The Hall–Kier alpha value is -2.86. The number of nitrogens with zero attached hydrogens (tertiary/aromatic N) is 3. The summed E-state index contributed by atoms with van der Waals surface area (Å²) in [5.74, 6) is -5.58. The monoisotopic (exact) mass is 508 g/mol. The van der Waals surface area contributed by atoms with Crippen molar-refractivity contribution < 1.29 is 42.2 Å². The van der Waals surface area contributed by atoms with E-state index in [2.05, 4.69) is 15.0 Å². The van der Waals surface area contributed by atoms with Gasteiger partial charge in [0.25, 0.3) is 11.8 Å². The largest absolute Gasteiger partial charge is 0.481 e. The van der Waals surface area contributed by atoms with Gasteiger partial charge in [-0.1, -0.05) is 20.8 Å². The van der Waals surface area contributed by atoms with Crippen LogP contribution in [0.5, 0.6) is 0 Å². The van der Waals surface area contributed by atoms with E-state index in [1.54, 1.807) is 13.8 Å². The molecule has 200 valence electrons. The molecule has 1 aliphatic rings. The van der Waals surface area contributed by atoms with Crippen LogP contribution in [0, 0.1) is 5.92 Å². The van der Waals surface area contributed by atoms with Crippen molar-refractivity contribution in [2.75, 3.05) is 27.2 Å². The predicted molar refractivity (Wildman–Crippen MR) is 121 cm³/mol. The third kappa shape index (κ3) is 7.82. The standard InChI is InChI=1S/C22H35F3N4O6/c1-7-21(4,27-19(35-6)22(23,24)25)20(34)28(5)16(13(2)3)17(32)26-14(12-15(30)31)18(33)29-10-8-9-11-29/h13-14,16H,7-12H2,1-6H3,(H,26,32)(H,30,31)/b27-19-/t14-,16?,21-/m0/s1. The second-order valence-electron chi connectivity index (χ2n) is 9.04. The molecule has 1 aliphatic heterocycles. The molecule has 1 fully saturated rings. The lowest BCUT2D eigenvalue weighted by Crippen LogP contribution is -2.59. The fraction of sp³-hybridized carbons (Fsp3) is 0.773. The molecule has 35 heavy (non-hydrogen) atoms. The number of aliphatic imine (C=N–C) groups is 1. The van der Waals surface area contributed by atoms with E-state index in [0.29, 0.717) is 13.1 Å². The molecule has 3 amide bonds. The van der Waals surface area contributed by atoms with Gasteiger partial charge in [-0.3, -0.25) is 19.2 Å². The Labute approximate surface area is 202 Å². The number of rotatable bonds is 10. The minimum Gasteiger partial charge on any atom is -0.481 e. The van der Waals surface area contributed by atoms with E-state index in [9.17, 15) is 37.5 Å². The molecule has 10 nitrogen and oxygen atoms in total. The highest BCUT2D eigenvalue weighted by molar-refractivity contribution is 5.96. The normalized spacial score (nSPS) is 18.0. The summed E-state index contributed by atoms with van der Waals surface area (Å²) in [5.41, 5.74) is -1.89. The lowest BCUT2D eigenvalue weighted by molar-refractivity contribution is -0.147. The van der Waals surface area contributed by atoms with Crippen LogP contribution in [-0.2, 0) is 23.9 Å². The number of likely N-dealkylation sites (tertiary alicyclic amines) is 1. The van der Waals surface area contributed by atoms with Crippen molar-refractivity contribution in [1.82, 2.24) is 15.1 Å². The number of amides is 3. The molecule has 0 saturated carbocycles. The van der Waals surface area contributed by atoms with Crippen LogP contribution in [0.15, 0.2) is 4.99 Å². The van der Waals surface area contributed by atoms with E-state index in [4.69, 9.17) is 0 Å². The van der Waals surface area contributed by atoms with Gasteiger partial charge in [-0.15, -0.1) is 0 Å². The maximum Gasteiger partial charge on any atom is 0.468 e. The van der Waals surface area contributed by atoms with E-state index in [1.807, 2.05) is 0 Å². The van der Waals surface area contributed by atoms with Crippen LogP contribution in [0.2, 0.25) is 0 Å². The first kappa shape index (κ1) is 30.2. The smallest absolute Gasteiger partial charge is 0.468 e. The van der Waals surface area contributed by atoms with E-state index in [-0.39, 0.29) is 6.42 Å². The summed E-state index contributed by atoms with van der Waals surface area (Å²) in [4.78, 5) is 56.6. The Kier molecular flexibility index (Phi) is 10.5. The van der Waals surface area contributed by atoms with E-state index >= 15 is 0 Å². The van der Waals surface area contributed by atoms with Crippen molar-refractivity contribution in [3.8, 4) is 0 Å². The Balaban J connectivity index is 3.24. The number of carbonyl (C=O) groups is 4. The fourth-order valence-corrected chi connectivity index (χ4v) is 3.95. The molecule has 0 aromatic rings. The average Bonchev–Trinajstić information content (AvgIpc) is 3.29. The number of alkyl halides is 3. The number of likely N-dealkylation sites (N-methyl/N-ethyl adjacent to an activating group) is 1. The second kappa shape index (κ2) is 12.2. The summed E-state index contributed by atoms with van der Waals surface area (Å²) in [7, 11) is 2.05. The molecule has 1 heterocycles. The lowest BCUT2D eigenvalue weighted by atomic mass is 9.94. The highest BCUT2D eigenvalue weighted by Gasteiger charge is 2.45. The topological polar surface area (TPSA) is 129 Å².